The molecule has 166 valence electrons. The number of nitrogens with zero attached hydrogens (tertiary/aromatic N) is 1. The Morgan fingerprint density at radius 2 is 1.58 bits per heavy atom. The lowest BCUT2D eigenvalue weighted by Gasteiger charge is -2.11. The Hall–Kier alpha value is -3.97. The summed E-state index contributed by atoms with van der Waals surface area (Å²) >= 11 is 0. The molecule has 0 spiro atoms. The van der Waals surface area contributed by atoms with Gasteiger partial charge in [-0.1, -0.05) is 66.2 Å². The van der Waals surface area contributed by atoms with Crippen molar-refractivity contribution in [2.24, 2.45) is 5.10 Å². The summed E-state index contributed by atoms with van der Waals surface area (Å²) in [6, 6.07) is 25.0. The summed E-state index contributed by atoms with van der Waals surface area (Å²) in [5.74, 6) is -0.304. The van der Waals surface area contributed by atoms with Gasteiger partial charge in [-0.15, -0.1) is 0 Å². The van der Waals surface area contributed by atoms with Crippen LogP contribution in [0.15, 0.2) is 94.9 Å². The quantitative estimate of drug-likeness (QED) is 0.315. The molecular weight excluding hydrogens is 434 g/mol. The van der Waals surface area contributed by atoms with Gasteiger partial charge in [0.2, 0.25) is 0 Å². The van der Waals surface area contributed by atoms with Crippen LogP contribution in [0.5, 0.6) is 0 Å². The van der Waals surface area contributed by atoms with Gasteiger partial charge in [-0.05, 0) is 54.4 Å². The Morgan fingerprint density at radius 3 is 2.36 bits per heavy atom. The van der Waals surface area contributed by atoms with Crippen molar-refractivity contribution in [3.63, 3.8) is 0 Å². The Bertz CT molecular complexity index is 1480. The fourth-order valence-corrected chi connectivity index (χ4v) is 4.34. The predicted octanol–water partition coefficient (Wildman–Crippen LogP) is 5.02. The monoisotopic (exact) mass is 457 g/mol. The molecule has 6 nitrogen and oxygen atoms in total. The first-order valence-corrected chi connectivity index (χ1v) is 11.8. The maximum absolute atomic E-state index is 12.9. The summed E-state index contributed by atoms with van der Waals surface area (Å²) < 4.78 is 25.4. The second-order valence-corrected chi connectivity index (χ2v) is 9.38. The van der Waals surface area contributed by atoms with E-state index >= 15 is 0 Å². The third-order valence-electron chi connectivity index (χ3n) is 5.24. The van der Waals surface area contributed by atoms with Crippen molar-refractivity contribution in [3.8, 4) is 0 Å². The molecule has 1 amide bonds. The lowest BCUT2D eigenvalue weighted by molar-refractivity contribution is 0.102. The average Bonchev–Trinajstić information content (AvgIpc) is 2.80. The number of hydrazone groups is 1. The molecule has 0 saturated carbocycles. The van der Waals surface area contributed by atoms with Crippen LogP contribution in [-0.4, -0.2) is 20.5 Å². The van der Waals surface area contributed by atoms with Crippen LogP contribution in [0.3, 0.4) is 0 Å². The maximum atomic E-state index is 12.9. The fraction of sp³-hybridized carbons (Fsp3) is 0.0769. The van der Waals surface area contributed by atoms with E-state index in [9.17, 15) is 13.2 Å². The summed E-state index contributed by atoms with van der Waals surface area (Å²) in [6.07, 6.45) is 1.33. The molecule has 4 rings (SSSR count). The first-order valence-electron chi connectivity index (χ1n) is 10.3. The van der Waals surface area contributed by atoms with Crippen LogP contribution in [0, 0.1) is 13.8 Å². The maximum Gasteiger partial charge on any atom is 0.276 e. The Morgan fingerprint density at radius 1 is 0.848 bits per heavy atom. The lowest BCUT2D eigenvalue weighted by atomic mass is 10.1. The molecule has 0 fully saturated rings. The topological polar surface area (TPSA) is 87.6 Å². The molecule has 0 aliphatic rings. The summed E-state index contributed by atoms with van der Waals surface area (Å²) in [5.41, 5.74) is 3.65. The third-order valence-corrected chi connectivity index (χ3v) is 6.46. The summed E-state index contributed by atoms with van der Waals surface area (Å²) in [7, 11) is -3.86. The number of rotatable bonds is 6. The highest BCUT2D eigenvalue weighted by atomic mass is 32.2. The van der Waals surface area contributed by atoms with Gasteiger partial charge in [0.05, 0.1) is 11.1 Å². The number of carbonyl (C=O) groups is 1. The van der Waals surface area contributed by atoms with E-state index in [1.54, 1.807) is 36.4 Å². The minimum atomic E-state index is -3.86. The van der Waals surface area contributed by atoms with E-state index in [2.05, 4.69) is 15.2 Å². The minimum Gasteiger partial charge on any atom is -0.322 e. The Labute approximate surface area is 193 Å². The van der Waals surface area contributed by atoms with Gasteiger partial charge < -0.3 is 5.32 Å². The van der Waals surface area contributed by atoms with Gasteiger partial charge in [0.1, 0.15) is 0 Å². The van der Waals surface area contributed by atoms with Crippen LogP contribution in [0.2, 0.25) is 0 Å². The van der Waals surface area contributed by atoms with Gasteiger partial charge in [-0.2, -0.15) is 13.5 Å². The first kappa shape index (κ1) is 22.2. The molecule has 0 saturated heterocycles. The fourth-order valence-electron chi connectivity index (χ4n) is 3.51. The number of carbonyl (C=O) groups excluding carboxylic acids is 1. The molecule has 0 unspecified atom stereocenters. The largest absolute Gasteiger partial charge is 0.322 e. The highest BCUT2D eigenvalue weighted by Gasteiger charge is 2.14. The number of sulfonamides is 1. The van der Waals surface area contributed by atoms with Crippen molar-refractivity contribution < 1.29 is 13.2 Å². The van der Waals surface area contributed by atoms with Crippen LogP contribution < -0.4 is 10.1 Å². The van der Waals surface area contributed by atoms with Crippen molar-refractivity contribution in [1.82, 2.24) is 4.83 Å². The number of fused-ring (bicyclic) bond motifs is 1. The van der Waals surface area contributed by atoms with Crippen LogP contribution >= 0.6 is 0 Å². The average molecular weight is 458 g/mol. The van der Waals surface area contributed by atoms with Gasteiger partial charge in [-0.3, -0.25) is 4.79 Å². The van der Waals surface area contributed by atoms with E-state index in [0.717, 1.165) is 21.9 Å². The molecule has 7 heteroatoms. The van der Waals surface area contributed by atoms with Gasteiger partial charge in [0, 0.05) is 16.8 Å². The molecule has 0 heterocycles. The standard InChI is InChI=1S/C26H23N3O3S/c1-18-11-14-25(19(2)15-18)28-26(30)24-10-6-5-9-22(24)17-27-29-33(31,32)23-13-12-20-7-3-4-8-21(20)16-23/h3-17,29H,1-2H3,(H,28,30). The van der Waals surface area contributed by atoms with E-state index in [1.165, 1.54) is 12.3 Å². The predicted molar refractivity (Wildman–Crippen MR) is 132 cm³/mol. The molecule has 0 aliphatic carbocycles. The summed E-state index contributed by atoms with van der Waals surface area (Å²) in [5, 5.41) is 8.58. The van der Waals surface area contributed by atoms with Crippen LogP contribution in [0.1, 0.15) is 27.0 Å². The smallest absolute Gasteiger partial charge is 0.276 e. The molecule has 0 aliphatic heterocycles. The van der Waals surface area contributed by atoms with Crippen molar-refractivity contribution in [1.29, 1.82) is 0 Å². The van der Waals surface area contributed by atoms with E-state index in [4.69, 9.17) is 0 Å². The van der Waals surface area contributed by atoms with Crippen LogP contribution in [0.4, 0.5) is 5.69 Å². The van der Waals surface area contributed by atoms with Gasteiger partial charge in [0.25, 0.3) is 15.9 Å². The van der Waals surface area contributed by atoms with E-state index in [0.29, 0.717) is 16.8 Å². The number of benzene rings is 4. The molecule has 33 heavy (non-hydrogen) atoms. The van der Waals surface area contributed by atoms with Crippen LogP contribution in [0.25, 0.3) is 10.8 Å². The van der Waals surface area contributed by atoms with E-state index in [-0.39, 0.29) is 10.8 Å². The van der Waals surface area contributed by atoms with Crippen molar-refractivity contribution >= 4 is 38.6 Å². The van der Waals surface area contributed by atoms with Gasteiger partial charge in [0.15, 0.2) is 0 Å². The van der Waals surface area contributed by atoms with Crippen molar-refractivity contribution in [3.05, 3.63) is 107 Å². The molecular formula is C26H23N3O3S. The number of amides is 1. The number of nitrogens with one attached hydrogen (secondary N) is 2. The third kappa shape index (κ3) is 5.10. The summed E-state index contributed by atoms with van der Waals surface area (Å²) in [6.45, 7) is 3.92. The number of hydrogen-bond donors (Lipinski definition) is 2. The SMILES string of the molecule is Cc1ccc(NC(=O)c2ccccc2C=NNS(=O)(=O)c2ccc3ccccc3c2)c(C)c1. The molecule has 2 N–H and O–H groups in total. The zero-order valence-electron chi connectivity index (χ0n) is 18.2. The zero-order chi connectivity index (χ0) is 23.4. The summed E-state index contributed by atoms with van der Waals surface area (Å²) in [4.78, 5) is 15.2. The number of aryl methyl sites for hydroxylation is 2. The molecule has 4 aromatic rings. The Kier molecular flexibility index (Phi) is 6.24. The highest BCUT2D eigenvalue weighted by molar-refractivity contribution is 7.89. The van der Waals surface area contributed by atoms with Crippen LogP contribution in [-0.2, 0) is 10.0 Å². The Balaban J connectivity index is 1.53. The second kappa shape index (κ2) is 9.26. The van der Waals surface area contributed by atoms with Gasteiger partial charge in [-0.25, -0.2) is 4.83 Å². The van der Waals surface area contributed by atoms with Crippen molar-refractivity contribution in [2.75, 3.05) is 5.32 Å². The second-order valence-electron chi connectivity index (χ2n) is 7.72. The van der Waals surface area contributed by atoms with E-state index < -0.39 is 10.0 Å². The van der Waals surface area contributed by atoms with Gasteiger partial charge >= 0.3 is 0 Å². The molecule has 0 radical (unpaired) electrons. The normalized spacial score (nSPS) is 11.6. The molecule has 0 aromatic heterocycles. The molecule has 0 bridgehead atoms. The number of hydrogen-bond acceptors (Lipinski definition) is 4. The number of anilines is 1. The molecule has 4 aromatic carbocycles. The van der Waals surface area contributed by atoms with Crippen molar-refractivity contribution in [2.45, 2.75) is 18.7 Å². The highest BCUT2D eigenvalue weighted by Crippen LogP contribution is 2.20. The minimum absolute atomic E-state index is 0.110. The lowest BCUT2D eigenvalue weighted by Crippen LogP contribution is -2.19. The zero-order valence-corrected chi connectivity index (χ0v) is 19.1. The first-order chi connectivity index (χ1) is 15.8. The molecule has 0 atom stereocenters. The van der Waals surface area contributed by atoms with E-state index in [1.807, 2.05) is 56.3 Å².